The maximum absolute atomic E-state index is 12.8. The van der Waals surface area contributed by atoms with Crippen LogP contribution in [0.15, 0.2) is 42.7 Å². The first-order valence-corrected chi connectivity index (χ1v) is 5.77. The molecule has 1 aromatic heterocycles. The van der Waals surface area contributed by atoms with Gasteiger partial charge in [0.1, 0.15) is 0 Å². The number of rotatable bonds is 2. The number of carbonyl (C=O) groups is 1. The van der Waals surface area contributed by atoms with E-state index in [2.05, 4.69) is 10.3 Å². The molecular formula is C14H11F3N2O. The number of aromatic nitrogens is 1. The fraction of sp³-hybridized carbons (Fsp3) is 0.143. The zero-order chi connectivity index (χ0) is 14.8. The van der Waals surface area contributed by atoms with Crippen molar-refractivity contribution in [2.45, 2.75) is 13.1 Å². The van der Waals surface area contributed by atoms with Gasteiger partial charge < -0.3 is 5.32 Å². The molecule has 0 radical (unpaired) electrons. The highest BCUT2D eigenvalue weighted by Crippen LogP contribution is 2.32. The van der Waals surface area contributed by atoms with Crippen molar-refractivity contribution in [3.63, 3.8) is 0 Å². The molecule has 2 rings (SSSR count). The van der Waals surface area contributed by atoms with Gasteiger partial charge in [-0.25, -0.2) is 0 Å². The monoisotopic (exact) mass is 280 g/mol. The third-order valence-corrected chi connectivity index (χ3v) is 2.72. The minimum absolute atomic E-state index is 0.0493. The minimum atomic E-state index is -4.48. The number of alkyl halides is 3. The van der Waals surface area contributed by atoms with E-state index in [4.69, 9.17) is 0 Å². The number of nitrogens with zero attached hydrogens (tertiary/aromatic N) is 1. The number of aryl methyl sites for hydroxylation is 1. The fourth-order valence-corrected chi connectivity index (χ4v) is 1.71. The SMILES string of the molecule is Cc1ccc(C(=O)Nc2cccnc2)cc1C(F)(F)F. The predicted octanol–water partition coefficient (Wildman–Crippen LogP) is 3.66. The molecule has 104 valence electrons. The summed E-state index contributed by atoms with van der Waals surface area (Å²) in [5.41, 5.74) is -0.356. The summed E-state index contributed by atoms with van der Waals surface area (Å²) in [6, 6.07) is 6.70. The van der Waals surface area contributed by atoms with Crippen molar-refractivity contribution in [3.05, 3.63) is 59.4 Å². The van der Waals surface area contributed by atoms with Crippen LogP contribution in [-0.2, 0) is 6.18 Å². The van der Waals surface area contributed by atoms with E-state index in [-0.39, 0.29) is 11.1 Å². The number of pyridine rings is 1. The largest absolute Gasteiger partial charge is 0.416 e. The van der Waals surface area contributed by atoms with Crippen LogP contribution in [0, 0.1) is 6.92 Å². The fourth-order valence-electron chi connectivity index (χ4n) is 1.71. The van der Waals surface area contributed by atoms with Gasteiger partial charge in [0.05, 0.1) is 17.4 Å². The molecule has 0 spiro atoms. The number of halogens is 3. The molecule has 1 amide bonds. The van der Waals surface area contributed by atoms with Crippen molar-refractivity contribution in [2.24, 2.45) is 0 Å². The van der Waals surface area contributed by atoms with Crippen LogP contribution in [0.1, 0.15) is 21.5 Å². The van der Waals surface area contributed by atoms with Crippen LogP contribution in [0.25, 0.3) is 0 Å². The van der Waals surface area contributed by atoms with E-state index in [9.17, 15) is 18.0 Å². The summed E-state index contributed by atoms with van der Waals surface area (Å²) in [4.78, 5) is 15.7. The Morgan fingerprint density at radius 3 is 2.60 bits per heavy atom. The van der Waals surface area contributed by atoms with Crippen LogP contribution < -0.4 is 5.32 Å². The van der Waals surface area contributed by atoms with E-state index in [0.717, 1.165) is 6.07 Å². The van der Waals surface area contributed by atoms with Gasteiger partial charge in [-0.15, -0.1) is 0 Å². The van der Waals surface area contributed by atoms with Crippen molar-refractivity contribution in [1.82, 2.24) is 4.98 Å². The van der Waals surface area contributed by atoms with Gasteiger partial charge in [-0.2, -0.15) is 13.2 Å². The van der Waals surface area contributed by atoms with E-state index in [0.29, 0.717) is 5.69 Å². The lowest BCUT2D eigenvalue weighted by Crippen LogP contribution is -2.15. The Morgan fingerprint density at radius 2 is 2.00 bits per heavy atom. The topological polar surface area (TPSA) is 42.0 Å². The van der Waals surface area contributed by atoms with Gasteiger partial charge in [-0.3, -0.25) is 9.78 Å². The molecule has 1 N–H and O–H groups in total. The number of anilines is 1. The Bertz CT molecular complexity index is 624. The Labute approximate surface area is 113 Å². The number of benzene rings is 1. The van der Waals surface area contributed by atoms with Crippen LogP contribution in [0.5, 0.6) is 0 Å². The van der Waals surface area contributed by atoms with E-state index in [1.807, 2.05) is 0 Å². The lowest BCUT2D eigenvalue weighted by atomic mass is 10.0. The molecule has 0 aliphatic rings. The maximum Gasteiger partial charge on any atom is 0.416 e. The molecule has 0 saturated carbocycles. The molecule has 0 saturated heterocycles. The second kappa shape index (κ2) is 5.32. The number of hydrogen-bond acceptors (Lipinski definition) is 2. The van der Waals surface area contributed by atoms with Gasteiger partial charge >= 0.3 is 6.18 Å². The molecule has 0 aliphatic carbocycles. The Balaban J connectivity index is 2.27. The average Bonchev–Trinajstić information content (AvgIpc) is 2.39. The smallest absolute Gasteiger partial charge is 0.321 e. The first-order valence-electron chi connectivity index (χ1n) is 5.77. The molecule has 0 bridgehead atoms. The second-order valence-corrected chi connectivity index (χ2v) is 4.22. The zero-order valence-corrected chi connectivity index (χ0v) is 10.5. The van der Waals surface area contributed by atoms with Crippen molar-refractivity contribution >= 4 is 11.6 Å². The lowest BCUT2D eigenvalue weighted by Gasteiger charge is -2.12. The van der Waals surface area contributed by atoms with Gasteiger partial charge in [-0.1, -0.05) is 6.07 Å². The Kier molecular flexibility index (Phi) is 3.74. The van der Waals surface area contributed by atoms with Crippen LogP contribution in [0.3, 0.4) is 0 Å². The minimum Gasteiger partial charge on any atom is -0.321 e. The standard InChI is InChI=1S/C14H11F3N2O/c1-9-4-5-10(7-12(9)14(15,16)17)13(20)19-11-3-2-6-18-8-11/h2-8H,1H3,(H,19,20). The highest BCUT2D eigenvalue weighted by Gasteiger charge is 2.32. The molecule has 0 fully saturated rings. The van der Waals surface area contributed by atoms with E-state index >= 15 is 0 Å². The molecule has 2 aromatic rings. The number of amides is 1. The summed E-state index contributed by atoms with van der Waals surface area (Å²) in [7, 11) is 0. The van der Waals surface area contributed by atoms with Gasteiger partial charge in [0.15, 0.2) is 0 Å². The lowest BCUT2D eigenvalue weighted by molar-refractivity contribution is -0.138. The Morgan fingerprint density at radius 1 is 1.25 bits per heavy atom. The molecule has 1 aromatic carbocycles. The molecule has 3 nitrogen and oxygen atoms in total. The van der Waals surface area contributed by atoms with Gasteiger partial charge in [0, 0.05) is 11.8 Å². The highest BCUT2D eigenvalue weighted by molar-refractivity contribution is 6.04. The summed E-state index contributed by atoms with van der Waals surface area (Å²) < 4.78 is 38.3. The normalized spacial score (nSPS) is 11.2. The molecule has 0 aliphatic heterocycles. The number of nitrogens with one attached hydrogen (secondary N) is 1. The van der Waals surface area contributed by atoms with Gasteiger partial charge in [0.2, 0.25) is 0 Å². The van der Waals surface area contributed by atoms with Crippen molar-refractivity contribution < 1.29 is 18.0 Å². The first kappa shape index (κ1) is 14.0. The molecule has 0 atom stereocenters. The third-order valence-electron chi connectivity index (χ3n) is 2.72. The molecule has 0 unspecified atom stereocenters. The van der Waals surface area contributed by atoms with Crippen molar-refractivity contribution in [1.29, 1.82) is 0 Å². The number of carbonyl (C=O) groups excluding carboxylic acids is 1. The van der Waals surface area contributed by atoms with Crippen LogP contribution >= 0.6 is 0 Å². The quantitative estimate of drug-likeness (QED) is 0.912. The number of hydrogen-bond donors (Lipinski definition) is 1. The molecule has 20 heavy (non-hydrogen) atoms. The van der Waals surface area contributed by atoms with E-state index in [1.54, 1.807) is 12.1 Å². The van der Waals surface area contributed by atoms with Gasteiger partial charge in [-0.05, 0) is 36.8 Å². The van der Waals surface area contributed by atoms with Crippen LogP contribution in [-0.4, -0.2) is 10.9 Å². The summed E-state index contributed by atoms with van der Waals surface area (Å²) >= 11 is 0. The zero-order valence-electron chi connectivity index (χ0n) is 10.5. The summed E-state index contributed by atoms with van der Waals surface area (Å²) in [5, 5.41) is 2.49. The van der Waals surface area contributed by atoms with Crippen LogP contribution in [0.4, 0.5) is 18.9 Å². The Hall–Kier alpha value is -2.37. The second-order valence-electron chi connectivity index (χ2n) is 4.22. The van der Waals surface area contributed by atoms with Crippen molar-refractivity contribution in [2.75, 3.05) is 5.32 Å². The highest BCUT2D eigenvalue weighted by atomic mass is 19.4. The van der Waals surface area contributed by atoms with Crippen LogP contribution in [0.2, 0.25) is 0 Å². The summed E-state index contributed by atoms with van der Waals surface area (Å²) in [6.45, 7) is 1.35. The molecular weight excluding hydrogens is 269 g/mol. The summed E-state index contributed by atoms with van der Waals surface area (Å²) in [6.07, 6.45) is -1.53. The summed E-state index contributed by atoms with van der Waals surface area (Å²) in [5.74, 6) is -0.608. The molecule has 1 heterocycles. The first-order chi connectivity index (χ1) is 9.38. The van der Waals surface area contributed by atoms with E-state index < -0.39 is 17.6 Å². The third kappa shape index (κ3) is 3.14. The van der Waals surface area contributed by atoms with Gasteiger partial charge in [0.25, 0.3) is 5.91 Å². The maximum atomic E-state index is 12.8. The molecule has 6 heteroatoms. The van der Waals surface area contributed by atoms with E-state index in [1.165, 1.54) is 31.5 Å². The van der Waals surface area contributed by atoms with Crippen molar-refractivity contribution in [3.8, 4) is 0 Å². The predicted molar refractivity (Wildman–Crippen MR) is 68.4 cm³/mol. The average molecular weight is 280 g/mol.